The van der Waals surface area contributed by atoms with E-state index < -0.39 is 25.9 Å². The third-order valence-electron chi connectivity index (χ3n) is 2.95. The van der Waals surface area contributed by atoms with Crippen LogP contribution in [0.1, 0.15) is 40.5 Å². The van der Waals surface area contributed by atoms with Crippen molar-refractivity contribution in [2.75, 3.05) is 12.8 Å². The van der Waals surface area contributed by atoms with Crippen molar-refractivity contribution in [3.63, 3.8) is 0 Å². The Hall–Kier alpha value is 0.0300. The standard InChI is InChI=1S/C13H27O6P/c1-9(2)18-20(16,19-10(3)4)8-6-12-13(15)11(14)5-7-17-12/h9-15H,5-8H2,1-4H3/t11-,12-,13+/m1/s1. The van der Waals surface area contributed by atoms with Crippen molar-refractivity contribution in [3.05, 3.63) is 0 Å². The molecule has 3 atom stereocenters. The largest absolute Gasteiger partial charge is 0.390 e. The van der Waals surface area contributed by atoms with Gasteiger partial charge in [0.1, 0.15) is 6.10 Å². The summed E-state index contributed by atoms with van der Waals surface area (Å²) in [6.07, 6.45) is -1.77. The number of hydrogen-bond donors (Lipinski definition) is 2. The zero-order valence-corrected chi connectivity index (χ0v) is 13.6. The van der Waals surface area contributed by atoms with Crippen LogP contribution in [0.4, 0.5) is 0 Å². The van der Waals surface area contributed by atoms with Gasteiger partial charge in [-0.1, -0.05) is 0 Å². The summed E-state index contributed by atoms with van der Waals surface area (Å²) in [4.78, 5) is 0. The van der Waals surface area contributed by atoms with E-state index in [0.717, 1.165) is 0 Å². The van der Waals surface area contributed by atoms with E-state index in [1.54, 1.807) is 27.7 Å². The molecule has 1 aliphatic rings. The van der Waals surface area contributed by atoms with Gasteiger partial charge in [0.2, 0.25) is 0 Å². The molecule has 0 unspecified atom stereocenters. The zero-order chi connectivity index (χ0) is 15.3. The molecular formula is C13H27O6P. The molecule has 120 valence electrons. The van der Waals surface area contributed by atoms with E-state index in [9.17, 15) is 14.8 Å². The van der Waals surface area contributed by atoms with Crippen LogP contribution in [0.5, 0.6) is 0 Å². The van der Waals surface area contributed by atoms with Gasteiger partial charge in [-0.05, 0) is 40.5 Å². The molecule has 0 aromatic carbocycles. The summed E-state index contributed by atoms with van der Waals surface area (Å²) in [6, 6.07) is 0. The lowest BCUT2D eigenvalue weighted by Crippen LogP contribution is -2.44. The van der Waals surface area contributed by atoms with Gasteiger partial charge < -0.3 is 24.0 Å². The molecule has 6 nitrogen and oxygen atoms in total. The minimum absolute atomic E-state index is 0.164. The van der Waals surface area contributed by atoms with Gasteiger partial charge in [-0.15, -0.1) is 0 Å². The first-order valence-corrected chi connectivity index (χ1v) is 8.90. The highest BCUT2D eigenvalue weighted by atomic mass is 31.2. The van der Waals surface area contributed by atoms with Crippen molar-refractivity contribution in [1.82, 2.24) is 0 Å². The fourth-order valence-electron chi connectivity index (χ4n) is 2.17. The summed E-state index contributed by atoms with van der Waals surface area (Å²) in [6.45, 7) is 7.58. The maximum absolute atomic E-state index is 12.6. The maximum Gasteiger partial charge on any atom is 0.331 e. The Kier molecular flexibility index (Phi) is 7.12. The number of ether oxygens (including phenoxy) is 1. The summed E-state index contributed by atoms with van der Waals surface area (Å²) in [5, 5.41) is 19.5. The van der Waals surface area contributed by atoms with Crippen LogP contribution in [0.3, 0.4) is 0 Å². The second-order valence-electron chi connectivity index (χ2n) is 5.69. The Morgan fingerprint density at radius 1 is 1.20 bits per heavy atom. The smallest absolute Gasteiger partial charge is 0.331 e. The van der Waals surface area contributed by atoms with E-state index in [0.29, 0.717) is 19.4 Å². The second kappa shape index (κ2) is 7.87. The molecule has 0 radical (unpaired) electrons. The number of aliphatic hydroxyl groups excluding tert-OH is 2. The number of aliphatic hydroxyl groups is 2. The Bertz CT molecular complexity index is 319. The van der Waals surface area contributed by atoms with Gasteiger partial charge in [0.15, 0.2) is 0 Å². The molecular weight excluding hydrogens is 283 g/mol. The zero-order valence-electron chi connectivity index (χ0n) is 12.7. The van der Waals surface area contributed by atoms with Gasteiger partial charge in [0.05, 0.1) is 30.6 Å². The molecule has 0 amide bonds. The van der Waals surface area contributed by atoms with Crippen LogP contribution < -0.4 is 0 Å². The van der Waals surface area contributed by atoms with Crippen molar-refractivity contribution in [2.45, 2.75) is 71.1 Å². The fraction of sp³-hybridized carbons (Fsp3) is 1.00. The molecule has 0 spiro atoms. The molecule has 7 heteroatoms. The summed E-state index contributed by atoms with van der Waals surface area (Å²) >= 11 is 0. The molecule has 0 aliphatic carbocycles. The average Bonchev–Trinajstić information content (AvgIpc) is 2.29. The van der Waals surface area contributed by atoms with E-state index in [1.807, 2.05) is 0 Å². The lowest BCUT2D eigenvalue weighted by Gasteiger charge is -2.33. The van der Waals surface area contributed by atoms with Crippen molar-refractivity contribution >= 4 is 7.60 Å². The monoisotopic (exact) mass is 310 g/mol. The molecule has 20 heavy (non-hydrogen) atoms. The summed E-state index contributed by atoms with van der Waals surface area (Å²) < 4.78 is 28.9. The van der Waals surface area contributed by atoms with Crippen LogP contribution in [0.15, 0.2) is 0 Å². The minimum atomic E-state index is -3.22. The first kappa shape index (κ1) is 18.1. The quantitative estimate of drug-likeness (QED) is 0.699. The molecule has 0 saturated carbocycles. The van der Waals surface area contributed by atoms with Crippen LogP contribution in [0.2, 0.25) is 0 Å². The van der Waals surface area contributed by atoms with Gasteiger partial charge in [-0.3, -0.25) is 4.57 Å². The normalized spacial score (nSPS) is 28.3. The molecule has 0 aromatic rings. The first-order chi connectivity index (χ1) is 9.23. The van der Waals surface area contributed by atoms with E-state index in [-0.39, 0.29) is 18.4 Å². The molecule has 1 saturated heterocycles. The van der Waals surface area contributed by atoms with E-state index in [1.165, 1.54) is 0 Å². The predicted molar refractivity (Wildman–Crippen MR) is 75.9 cm³/mol. The van der Waals surface area contributed by atoms with Gasteiger partial charge in [-0.2, -0.15) is 0 Å². The van der Waals surface area contributed by atoms with E-state index in [4.69, 9.17) is 13.8 Å². The average molecular weight is 310 g/mol. The van der Waals surface area contributed by atoms with Crippen LogP contribution in [-0.2, 0) is 18.3 Å². The fourth-order valence-corrected chi connectivity index (χ4v) is 4.29. The van der Waals surface area contributed by atoms with Gasteiger partial charge in [0.25, 0.3) is 0 Å². The van der Waals surface area contributed by atoms with Crippen molar-refractivity contribution in [1.29, 1.82) is 0 Å². The number of rotatable bonds is 7. The SMILES string of the molecule is CC(C)OP(=O)(CC[C@H]1OCC[C@@H](O)[C@@H]1O)OC(C)C. The topological polar surface area (TPSA) is 85.2 Å². The highest BCUT2D eigenvalue weighted by Gasteiger charge is 2.35. The third kappa shape index (κ3) is 5.80. The van der Waals surface area contributed by atoms with E-state index in [2.05, 4.69) is 0 Å². The predicted octanol–water partition coefficient (Wildman–Crippen LogP) is 1.93. The molecule has 1 heterocycles. The summed E-state index contributed by atoms with van der Waals surface area (Å²) in [5.74, 6) is 0. The Balaban J connectivity index is 2.59. The number of hydrogen-bond acceptors (Lipinski definition) is 6. The van der Waals surface area contributed by atoms with Crippen LogP contribution >= 0.6 is 7.60 Å². The Morgan fingerprint density at radius 3 is 2.25 bits per heavy atom. The Labute approximate surface area is 121 Å². The van der Waals surface area contributed by atoms with Crippen LogP contribution in [-0.4, -0.2) is 53.5 Å². The van der Waals surface area contributed by atoms with Gasteiger partial charge in [-0.25, -0.2) is 0 Å². The minimum Gasteiger partial charge on any atom is -0.390 e. The van der Waals surface area contributed by atoms with Crippen LogP contribution in [0.25, 0.3) is 0 Å². The molecule has 1 aliphatic heterocycles. The summed E-state index contributed by atoms with van der Waals surface area (Å²) in [5.41, 5.74) is 0. The highest BCUT2D eigenvalue weighted by Crippen LogP contribution is 2.51. The first-order valence-electron chi connectivity index (χ1n) is 7.17. The van der Waals surface area contributed by atoms with Crippen molar-refractivity contribution < 1.29 is 28.6 Å². The third-order valence-corrected chi connectivity index (χ3v) is 5.24. The molecule has 1 fully saturated rings. The molecule has 0 bridgehead atoms. The second-order valence-corrected chi connectivity index (χ2v) is 7.78. The van der Waals surface area contributed by atoms with Crippen molar-refractivity contribution in [3.8, 4) is 0 Å². The molecule has 2 N–H and O–H groups in total. The van der Waals surface area contributed by atoms with Crippen LogP contribution in [0, 0.1) is 0 Å². The maximum atomic E-state index is 12.6. The van der Waals surface area contributed by atoms with Crippen molar-refractivity contribution in [2.24, 2.45) is 0 Å². The van der Waals surface area contributed by atoms with E-state index >= 15 is 0 Å². The highest BCUT2D eigenvalue weighted by molar-refractivity contribution is 7.53. The van der Waals surface area contributed by atoms with Gasteiger partial charge >= 0.3 is 7.60 Å². The lowest BCUT2D eigenvalue weighted by atomic mass is 10.0. The summed E-state index contributed by atoms with van der Waals surface area (Å²) in [7, 11) is -3.22. The molecule has 1 rings (SSSR count). The Morgan fingerprint density at radius 2 is 1.75 bits per heavy atom. The molecule has 0 aromatic heterocycles. The lowest BCUT2D eigenvalue weighted by molar-refractivity contribution is -0.135. The van der Waals surface area contributed by atoms with Gasteiger partial charge in [0, 0.05) is 6.61 Å².